The third-order valence-corrected chi connectivity index (χ3v) is 6.45. The first-order valence-corrected chi connectivity index (χ1v) is 11.6. The Bertz CT molecular complexity index is 1200. The Morgan fingerprint density at radius 3 is 2.55 bits per heavy atom. The van der Waals surface area contributed by atoms with Crippen molar-refractivity contribution in [3.63, 3.8) is 0 Å². The standard InChI is InChI=1S/C24H29N7O2/c1-2-18-13-21-22(27-23(18)32)12-17(14-25-21)16-29-8-10-30(11-9-29)19-4-5-20(26-15-19)24(33)28-31-6-3-7-31/h4-5,12-15H,2-3,6-11,16H2,1H3,(H,27,32)(H,28,33). The number of H-pyrrole nitrogens is 1. The smallest absolute Gasteiger partial charge is 0.284 e. The monoisotopic (exact) mass is 447 g/mol. The van der Waals surface area contributed by atoms with Crippen molar-refractivity contribution >= 4 is 22.6 Å². The number of piperazine rings is 1. The normalized spacial score (nSPS) is 17.2. The summed E-state index contributed by atoms with van der Waals surface area (Å²) in [6.07, 6.45) is 5.51. The predicted octanol–water partition coefficient (Wildman–Crippen LogP) is 1.55. The average molecular weight is 448 g/mol. The van der Waals surface area contributed by atoms with Crippen LogP contribution in [0.25, 0.3) is 11.0 Å². The fraction of sp³-hybridized carbons (Fsp3) is 0.417. The first-order chi connectivity index (χ1) is 16.1. The molecule has 0 radical (unpaired) electrons. The van der Waals surface area contributed by atoms with E-state index in [1.807, 2.05) is 36.3 Å². The molecule has 3 aromatic rings. The molecule has 1 amide bonds. The van der Waals surface area contributed by atoms with Gasteiger partial charge in [-0.3, -0.25) is 24.9 Å². The van der Waals surface area contributed by atoms with Crippen molar-refractivity contribution < 1.29 is 4.79 Å². The zero-order valence-corrected chi connectivity index (χ0v) is 18.9. The molecule has 0 unspecified atom stereocenters. The lowest BCUT2D eigenvalue weighted by atomic mass is 10.1. The zero-order chi connectivity index (χ0) is 22.8. The number of hydrogen-bond donors (Lipinski definition) is 2. The molecule has 33 heavy (non-hydrogen) atoms. The number of nitrogens with zero attached hydrogens (tertiary/aromatic N) is 5. The molecular weight excluding hydrogens is 418 g/mol. The zero-order valence-electron chi connectivity index (χ0n) is 18.9. The van der Waals surface area contributed by atoms with Crippen LogP contribution >= 0.6 is 0 Å². The molecule has 2 saturated heterocycles. The number of aromatic nitrogens is 3. The number of fused-ring (bicyclic) bond motifs is 1. The maximum Gasteiger partial charge on any atom is 0.284 e. The molecule has 2 N–H and O–H groups in total. The largest absolute Gasteiger partial charge is 0.368 e. The quantitative estimate of drug-likeness (QED) is 0.592. The third kappa shape index (κ3) is 4.74. The first kappa shape index (κ1) is 21.5. The Morgan fingerprint density at radius 1 is 1.06 bits per heavy atom. The molecule has 9 nitrogen and oxygen atoms in total. The molecular formula is C24H29N7O2. The summed E-state index contributed by atoms with van der Waals surface area (Å²) in [5.74, 6) is -0.151. The molecule has 2 fully saturated rings. The molecule has 2 aliphatic rings. The molecule has 5 heterocycles. The lowest BCUT2D eigenvalue weighted by Gasteiger charge is -2.36. The van der Waals surface area contributed by atoms with Crippen molar-refractivity contribution in [1.29, 1.82) is 0 Å². The van der Waals surface area contributed by atoms with Crippen LogP contribution in [-0.4, -0.2) is 70.0 Å². The maximum atomic E-state index is 12.2. The summed E-state index contributed by atoms with van der Waals surface area (Å²) in [6.45, 7) is 8.18. The second-order valence-corrected chi connectivity index (χ2v) is 8.70. The Kier molecular flexibility index (Phi) is 6.06. The maximum absolute atomic E-state index is 12.2. The lowest BCUT2D eigenvalue weighted by molar-refractivity contribution is 0.0637. The summed E-state index contributed by atoms with van der Waals surface area (Å²) < 4.78 is 0. The minimum absolute atomic E-state index is 0.0322. The number of rotatable bonds is 6. The number of anilines is 1. The summed E-state index contributed by atoms with van der Waals surface area (Å²) in [5, 5.41) is 1.91. The van der Waals surface area contributed by atoms with Crippen LogP contribution < -0.4 is 15.9 Å². The van der Waals surface area contributed by atoms with Crippen molar-refractivity contribution in [3.8, 4) is 0 Å². The van der Waals surface area contributed by atoms with Crippen LogP contribution in [0.4, 0.5) is 5.69 Å². The number of hydrazine groups is 1. The van der Waals surface area contributed by atoms with Gasteiger partial charge in [0.25, 0.3) is 11.5 Å². The number of aryl methyl sites for hydroxylation is 1. The molecule has 2 aliphatic heterocycles. The first-order valence-electron chi connectivity index (χ1n) is 11.6. The SMILES string of the molecule is CCc1cc2ncc(CN3CCN(c4ccc(C(=O)NN5CCC5)nc4)CC3)cc2[nH]c1=O. The number of amides is 1. The van der Waals surface area contributed by atoms with Gasteiger partial charge >= 0.3 is 0 Å². The lowest BCUT2D eigenvalue weighted by Crippen LogP contribution is -2.50. The van der Waals surface area contributed by atoms with Crippen LogP contribution in [0.3, 0.4) is 0 Å². The average Bonchev–Trinajstić information content (AvgIpc) is 2.81. The van der Waals surface area contributed by atoms with E-state index in [0.29, 0.717) is 12.1 Å². The molecule has 0 spiro atoms. The van der Waals surface area contributed by atoms with Crippen LogP contribution in [0, 0.1) is 0 Å². The number of pyridine rings is 3. The van der Waals surface area contributed by atoms with E-state index < -0.39 is 0 Å². The van der Waals surface area contributed by atoms with Crippen LogP contribution in [0.15, 0.2) is 41.5 Å². The van der Waals surface area contributed by atoms with E-state index in [0.717, 1.165) is 80.1 Å². The van der Waals surface area contributed by atoms with Crippen LogP contribution in [0.5, 0.6) is 0 Å². The van der Waals surface area contributed by atoms with Crippen LogP contribution in [-0.2, 0) is 13.0 Å². The molecule has 5 rings (SSSR count). The van der Waals surface area contributed by atoms with Gasteiger partial charge in [-0.15, -0.1) is 0 Å². The minimum Gasteiger partial charge on any atom is -0.368 e. The highest BCUT2D eigenvalue weighted by atomic mass is 16.2. The summed E-state index contributed by atoms with van der Waals surface area (Å²) in [6, 6.07) is 7.68. The Labute approximate surface area is 192 Å². The van der Waals surface area contributed by atoms with Crippen molar-refractivity contribution in [1.82, 2.24) is 30.3 Å². The van der Waals surface area contributed by atoms with Crippen LogP contribution in [0.2, 0.25) is 0 Å². The van der Waals surface area contributed by atoms with Gasteiger partial charge in [-0.2, -0.15) is 0 Å². The number of hydrogen-bond acceptors (Lipinski definition) is 7. The number of carbonyl (C=O) groups excluding carboxylic acids is 1. The summed E-state index contributed by atoms with van der Waals surface area (Å²) in [7, 11) is 0. The number of aromatic amines is 1. The van der Waals surface area contributed by atoms with Gasteiger partial charge in [0.1, 0.15) is 5.69 Å². The summed E-state index contributed by atoms with van der Waals surface area (Å²) in [4.78, 5) is 40.9. The topological polar surface area (TPSA) is 97.5 Å². The van der Waals surface area contributed by atoms with E-state index in [2.05, 4.69) is 30.2 Å². The van der Waals surface area contributed by atoms with Gasteiger partial charge in [-0.05, 0) is 42.7 Å². The second kappa shape index (κ2) is 9.29. The van der Waals surface area contributed by atoms with Gasteiger partial charge in [0, 0.05) is 57.6 Å². The van der Waals surface area contributed by atoms with E-state index in [-0.39, 0.29) is 11.5 Å². The van der Waals surface area contributed by atoms with E-state index in [1.54, 1.807) is 12.3 Å². The molecule has 9 heteroatoms. The van der Waals surface area contributed by atoms with Gasteiger partial charge in [-0.25, -0.2) is 9.99 Å². The Hall–Kier alpha value is -3.30. The summed E-state index contributed by atoms with van der Waals surface area (Å²) in [5.41, 5.74) is 7.78. The molecule has 0 atom stereocenters. The van der Waals surface area contributed by atoms with E-state index in [1.165, 1.54) is 0 Å². The van der Waals surface area contributed by atoms with E-state index >= 15 is 0 Å². The van der Waals surface area contributed by atoms with Crippen molar-refractivity contribution in [3.05, 3.63) is 63.8 Å². The Morgan fingerprint density at radius 2 is 1.88 bits per heavy atom. The van der Waals surface area contributed by atoms with Gasteiger partial charge in [0.15, 0.2) is 0 Å². The van der Waals surface area contributed by atoms with Crippen molar-refractivity contribution in [2.45, 2.75) is 26.3 Å². The molecule has 172 valence electrons. The molecule has 0 bridgehead atoms. The van der Waals surface area contributed by atoms with Crippen molar-refractivity contribution in [2.24, 2.45) is 0 Å². The van der Waals surface area contributed by atoms with Gasteiger partial charge in [0.05, 0.1) is 22.9 Å². The predicted molar refractivity (Wildman–Crippen MR) is 127 cm³/mol. The van der Waals surface area contributed by atoms with Gasteiger partial charge in [0.2, 0.25) is 0 Å². The fourth-order valence-corrected chi connectivity index (χ4v) is 4.27. The molecule has 0 saturated carbocycles. The highest BCUT2D eigenvalue weighted by Crippen LogP contribution is 2.18. The van der Waals surface area contributed by atoms with E-state index in [9.17, 15) is 9.59 Å². The van der Waals surface area contributed by atoms with Crippen molar-refractivity contribution in [2.75, 3.05) is 44.2 Å². The van der Waals surface area contributed by atoms with Gasteiger partial charge < -0.3 is 9.88 Å². The number of nitrogens with one attached hydrogen (secondary N) is 2. The molecule has 0 aliphatic carbocycles. The third-order valence-electron chi connectivity index (χ3n) is 6.45. The molecule has 0 aromatic carbocycles. The highest BCUT2D eigenvalue weighted by Gasteiger charge is 2.20. The fourth-order valence-electron chi connectivity index (χ4n) is 4.27. The van der Waals surface area contributed by atoms with Gasteiger partial charge in [-0.1, -0.05) is 6.92 Å². The Balaban J connectivity index is 1.17. The van der Waals surface area contributed by atoms with Crippen LogP contribution in [0.1, 0.15) is 35.0 Å². The second-order valence-electron chi connectivity index (χ2n) is 8.70. The van der Waals surface area contributed by atoms with E-state index in [4.69, 9.17) is 0 Å². The summed E-state index contributed by atoms with van der Waals surface area (Å²) >= 11 is 0. The number of carbonyl (C=O) groups is 1. The molecule has 3 aromatic heterocycles. The minimum atomic E-state index is -0.151. The highest BCUT2D eigenvalue weighted by molar-refractivity contribution is 5.92.